The molecule has 27 heavy (non-hydrogen) atoms. The first-order chi connectivity index (χ1) is 13.1. The van der Waals surface area contributed by atoms with Gasteiger partial charge < -0.3 is 14.9 Å². The van der Waals surface area contributed by atoms with E-state index in [-0.39, 0.29) is 5.91 Å². The minimum atomic E-state index is -0.519. The van der Waals surface area contributed by atoms with Crippen LogP contribution in [0.4, 0.5) is 5.69 Å². The predicted octanol–water partition coefficient (Wildman–Crippen LogP) is 3.58. The van der Waals surface area contributed by atoms with E-state index in [0.717, 1.165) is 31.5 Å². The Labute approximate surface area is 166 Å². The summed E-state index contributed by atoms with van der Waals surface area (Å²) in [5.41, 5.74) is 2.13. The molecule has 1 fully saturated rings. The average molecular weight is 385 g/mol. The van der Waals surface area contributed by atoms with Crippen molar-refractivity contribution in [2.45, 2.75) is 25.0 Å². The Morgan fingerprint density at radius 3 is 2.33 bits per heavy atom. The summed E-state index contributed by atoms with van der Waals surface area (Å²) in [6.07, 6.45) is 1.47. The number of likely N-dealkylation sites (tertiary alicyclic amines) is 1. The first kappa shape index (κ1) is 19.8. The van der Waals surface area contributed by atoms with Crippen molar-refractivity contribution < 1.29 is 9.90 Å². The van der Waals surface area contributed by atoms with Gasteiger partial charge >= 0.3 is 0 Å². The second-order valence-electron chi connectivity index (χ2n) is 7.00. The molecule has 1 aliphatic rings. The van der Waals surface area contributed by atoms with Crippen LogP contribution in [0.2, 0.25) is 0 Å². The van der Waals surface area contributed by atoms with Gasteiger partial charge in [-0.2, -0.15) is 0 Å². The second-order valence-corrected chi connectivity index (χ2v) is 8.03. The van der Waals surface area contributed by atoms with E-state index in [1.165, 1.54) is 17.4 Å². The van der Waals surface area contributed by atoms with Gasteiger partial charge in [-0.25, -0.2) is 0 Å². The van der Waals surface area contributed by atoms with Gasteiger partial charge in [0.25, 0.3) is 0 Å². The number of thioether (sulfide) groups is 1. The highest BCUT2D eigenvalue weighted by Gasteiger charge is 2.25. The minimum absolute atomic E-state index is 0.182. The van der Waals surface area contributed by atoms with E-state index in [4.69, 9.17) is 0 Å². The number of carbonyl (C=O) groups excluding carboxylic acids is 1. The van der Waals surface area contributed by atoms with E-state index in [2.05, 4.69) is 36.2 Å². The summed E-state index contributed by atoms with van der Waals surface area (Å²) < 4.78 is 0. The number of aliphatic hydroxyl groups excluding tert-OH is 1. The van der Waals surface area contributed by atoms with E-state index in [1.54, 1.807) is 0 Å². The molecule has 0 bridgehead atoms. The second kappa shape index (κ2) is 9.81. The molecular formula is C22H28N2O2S. The quantitative estimate of drug-likeness (QED) is 0.792. The molecule has 5 heteroatoms. The van der Waals surface area contributed by atoms with Crippen LogP contribution in [0.25, 0.3) is 0 Å². The zero-order valence-corrected chi connectivity index (χ0v) is 16.6. The lowest BCUT2D eigenvalue weighted by Crippen LogP contribution is -2.46. The van der Waals surface area contributed by atoms with Crippen LogP contribution in [-0.4, -0.2) is 53.6 Å². The molecule has 1 unspecified atom stereocenters. The number of hydrogen-bond acceptors (Lipinski definition) is 4. The van der Waals surface area contributed by atoms with Crippen LogP contribution in [0.1, 0.15) is 24.5 Å². The molecule has 0 aliphatic carbocycles. The number of aliphatic hydroxyl groups is 1. The maximum absolute atomic E-state index is 12.5. The molecule has 144 valence electrons. The zero-order valence-electron chi connectivity index (χ0n) is 15.8. The smallest absolute Gasteiger partial charge is 0.232 e. The summed E-state index contributed by atoms with van der Waals surface area (Å²) in [4.78, 5) is 16.8. The summed E-state index contributed by atoms with van der Waals surface area (Å²) in [5, 5.41) is 10.2. The van der Waals surface area contributed by atoms with Crippen LogP contribution in [0.5, 0.6) is 0 Å². The van der Waals surface area contributed by atoms with Crippen molar-refractivity contribution in [3.05, 3.63) is 66.2 Å². The van der Waals surface area contributed by atoms with Crippen molar-refractivity contribution in [3.8, 4) is 0 Å². The normalized spacial score (nSPS) is 16.1. The van der Waals surface area contributed by atoms with Crippen molar-refractivity contribution in [3.63, 3.8) is 0 Å². The zero-order chi connectivity index (χ0) is 19.1. The summed E-state index contributed by atoms with van der Waals surface area (Å²) in [6, 6.07) is 20.5. The first-order valence-corrected chi connectivity index (χ1v) is 10.7. The molecule has 1 amide bonds. The van der Waals surface area contributed by atoms with E-state index in [0.29, 0.717) is 17.5 Å². The molecule has 1 saturated heterocycles. The SMILES string of the molecule is CN(c1ccccc1)C1CCN(C(=O)CSCC(O)c2ccccc2)CC1. The molecule has 4 nitrogen and oxygen atoms in total. The van der Waals surface area contributed by atoms with E-state index >= 15 is 0 Å². The molecule has 2 aromatic carbocycles. The third-order valence-electron chi connectivity index (χ3n) is 5.21. The number of nitrogens with zero attached hydrogens (tertiary/aromatic N) is 2. The summed E-state index contributed by atoms with van der Waals surface area (Å²) in [6.45, 7) is 1.62. The average Bonchev–Trinajstić information content (AvgIpc) is 2.74. The fourth-order valence-corrected chi connectivity index (χ4v) is 4.39. The Bertz CT molecular complexity index is 703. The molecule has 2 aromatic rings. The standard InChI is InChI=1S/C22H28N2O2S/c1-23(19-10-6-3-7-11-19)20-12-14-24(15-13-20)22(26)17-27-16-21(25)18-8-4-2-5-9-18/h2-11,20-21,25H,12-17H2,1H3. The van der Waals surface area contributed by atoms with Gasteiger partial charge in [-0.1, -0.05) is 48.5 Å². The molecule has 3 rings (SSSR count). The Morgan fingerprint density at radius 2 is 1.70 bits per heavy atom. The van der Waals surface area contributed by atoms with Crippen molar-refractivity contribution in [1.82, 2.24) is 4.90 Å². The lowest BCUT2D eigenvalue weighted by atomic mass is 10.0. The number of amides is 1. The van der Waals surface area contributed by atoms with Crippen molar-refractivity contribution in [1.29, 1.82) is 0 Å². The molecular weight excluding hydrogens is 356 g/mol. The van der Waals surface area contributed by atoms with Crippen molar-refractivity contribution in [2.24, 2.45) is 0 Å². The highest BCUT2D eigenvalue weighted by atomic mass is 32.2. The first-order valence-electron chi connectivity index (χ1n) is 9.51. The van der Waals surface area contributed by atoms with Crippen molar-refractivity contribution >= 4 is 23.4 Å². The Morgan fingerprint density at radius 1 is 1.11 bits per heavy atom. The lowest BCUT2D eigenvalue weighted by Gasteiger charge is -2.38. The topological polar surface area (TPSA) is 43.8 Å². The van der Waals surface area contributed by atoms with Crippen LogP contribution in [0.3, 0.4) is 0 Å². The number of anilines is 1. The lowest BCUT2D eigenvalue weighted by molar-refractivity contribution is -0.129. The van der Waals surface area contributed by atoms with E-state index < -0.39 is 6.10 Å². The summed E-state index contributed by atoms with van der Waals surface area (Å²) >= 11 is 1.51. The number of hydrogen-bond donors (Lipinski definition) is 1. The number of rotatable bonds is 7. The monoisotopic (exact) mass is 384 g/mol. The molecule has 0 saturated carbocycles. The molecule has 1 heterocycles. The third kappa shape index (κ3) is 5.50. The minimum Gasteiger partial charge on any atom is -0.388 e. The van der Waals surface area contributed by atoms with Gasteiger partial charge in [-0.15, -0.1) is 11.8 Å². The van der Waals surface area contributed by atoms with Crippen LogP contribution in [0, 0.1) is 0 Å². The molecule has 0 spiro atoms. The fourth-order valence-electron chi connectivity index (χ4n) is 3.50. The van der Waals surface area contributed by atoms with Crippen molar-refractivity contribution in [2.75, 3.05) is 36.5 Å². The van der Waals surface area contributed by atoms with E-state index in [1.807, 2.05) is 41.3 Å². The highest BCUT2D eigenvalue weighted by Crippen LogP contribution is 2.23. The van der Waals surface area contributed by atoms with Crippen LogP contribution >= 0.6 is 11.8 Å². The molecule has 1 N–H and O–H groups in total. The van der Waals surface area contributed by atoms with Gasteiger partial charge in [0.05, 0.1) is 11.9 Å². The Kier molecular flexibility index (Phi) is 7.18. The maximum atomic E-state index is 12.5. The predicted molar refractivity (Wildman–Crippen MR) is 113 cm³/mol. The largest absolute Gasteiger partial charge is 0.388 e. The number of piperidine rings is 1. The highest BCUT2D eigenvalue weighted by molar-refractivity contribution is 7.99. The number of carbonyl (C=O) groups is 1. The molecule has 0 aromatic heterocycles. The summed E-state index contributed by atoms with van der Waals surface area (Å²) in [7, 11) is 2.14. The van der Waals surface area contributed by atoms with Gasteiger partial charge in [-0.05, 0) is 30.5 Å². The van der Waals surface area contributed by atoms with Gasteiger partial charge in [0.15, 0.2) is 0 Å². The molecule has 0 radical (unpaired) electrons. The Balaban J connectivity index is 1.39. The number of para-hydroxylation sites is 1. The fraction of sp³-hybridized carbons (Fsp3) is 0.409. The van der Waals surface area contributed by atoms with Gasteiger partial charge in [0.1, 0.15) is 0 Å². The number of benzene rings is 2. The molecule has 1 aliphatic heterocycles. The molecule has 1 atom stereocenters. The summed E-state index contributed by atoms with van der Waals surface area (Å²) in [5.74, 6) is 1.16. The third-order valence-corrected chi connectivity index (χ3v) is 6.22. The van der Waals surface area contributed by atoms with Gasteiger partial charge in [0, 0.05) is 37.6 Å². The van der Waals surface area contributed by atoms with E-state index in [9.17, 15) is 9.90 Å². The van der Waals surface area contributed by atoms with Crippen LogP contribution in [0.15, 0.2) is 60.7 Å². The van der Waals surface area contributed by atoms with Gasteiger partial charge in [0.2, 0.25) is 5.91 Å². The Hall–Kier alpha value is -1.98. The van der Waals surface area contributed by atoms with Gasteiger partial charge in [-0.3, -0.25) is 4.79 Å². The van der Waals surface area contributed by atoms with Crippen LogP contribution < -0.4 is 4.90 Å². The van der Waals surface area contributed by atoms with Crippen LogP contribution in [-0.2, 0) is 4.79 Å². The maximum Gasteiger partial charge on any atom is 0.232 e.